The minimum absolute atomic E-state index is 0.215. The molecule has 2 heterocycles. The molecule has 0 saturated carbocycles. The summed E-state index contributed by atoms with van der Waals surface area (Å²) in [5, 5.41) is 10.5. The van der Waals surface area contributed by atoms with Crippen molar-refractivity contribution in [3.05, 3.63) is 74.3 Å². The van der Waals surface area contributed by atoms with Crippen molar-refractivity contribution in [2.24, 2.45) is 4.99 Å². The predicted molar refractivity (Wildman–Crippen MR) is 103 cm³/mol. The Balaban J connectivity index is 1.76. The lowest BCUT2D eigenvalue weighted by Gasteiger charge is -2.04. The molecular weight excluding hydrogens is 371 g/mol. The van der Waals surface area contributed by atoms with Crippen molar-refractivity contribution in [2.45, 2.75) is 0 Å². The molecule has 0 unspecified atom stereocenters. The van der Waals surface area contributed by atoms with Gasteiger partial charge in [0.2, 0.25) is 5.88 Å². The van der Waals surface area contributed by atoms with Gasteiger partial charge in [-0.05, 0) is 48.6 Å². The normalized spacial score (nSPS) is 14.0. The molecule has 1 N–H and O–H groups in total. The van der Waals surface area contributed by atoms with Gasteiger partial charge in [-0.25, -0.2) is 8.96 Å². The van der Waals surface area contributed by atoms with Crippen molar-refractivity contribution in [1.82, 2.24) is 4.57 Å². The SMILES string of the molecule is O=C(c1ccc(F)cc1)n1c(O)c(/C=C2/C=Nc3ccccc32)sc1=S. The predicted octanol–water partition coefficient (Wildman–Crippen LogP) is 5.07. The first-order valence-corrected chi connectivity index (χ1v) is 8.87. The zero-order chi connectivity index (χ0) is 18.3. The van der Waals surface area contributed by atoms with Crippen LogP contribution in [0.1, 0.15) is 20.8 Å². The van der Waals surface area contributed by atoms with Gasteiger partial charge in [-0.2, -0.15) is 0 Å². The van der Waals surface area contributed by atoms with Gasteiger partial charge in [0.05, 0.1) is 10.6 Å². The molecule has 0 fully saturated rings. The fourth-order valence-corrected chi connectivity index (χ4v) is 3.93. The first-order valence-electron chi connectivity index (χ1n) is 7.65. The summed E-state index contributed by atoms with van der Waals surface area (Å²) in [5.74, 6) is -1.18. The molecule has 128 valence electrons. The van der Waals surface area contributed by atoms with Gasteiger partial charge in [0, 0.05) is 22.9 Å². The fourth-order valence-electron chi connectivity index (χ4n) is 2.67. The van der Waals surface area contributed by atoms with Crippen molar-refractivity contribution in [3.63, 3.8) is 0 Å². The summed E-state index contributed by atoms with van der Waals surface area (Å²) in [6.45, 7) is 0. The fraction of sp³-hybridized carbons (Fsp3) is 0. The number of thiazole rings is 1. The molecule has 0 radical (unpaired) electrons. The number of rotatable bonds is 2. The molecule has 0 aliphatic carbocycles. The molecule has 0 amide bonds. The number of hydrogen-bond acceptors (Lipinski definition) is 5. The van der Waals surface area contributed by atoms with Crippen molar-refractivity contribution < 1.29 is 14.3 Å². The average Bonchev–Trinajstić information content (AvgIpc) is 3.16. The van der Waals surface area contributed by atoms with Crippen LogP contribution in [-0.4, -0.2) is 21.8 Å². The van der Waals surface area contributed by atoms with Crippen LogP contribution in [-0.2, 0) is 0 Å². The Bertz CT molecular complexity index is 1140. The minimum Gasteiger partial charge on any atom is -0.493 e. The Labute approximate surface area is 157 Å². The van der Waals surface area contributed by atoms with E-state index in [2.05, 4.69) is 4.99 Å². The molecule has 0 saturated heterocycles. The maximum Gasteiger partial charge on any atom is 0.266 e. The van der Waals surface area contributed by atoms with Crippen molar-refractivity contribution >= 4 is 53.0 Å². The number of carbonyl (C=O) groups is 1. The first kappa shape index (κ1) is 16.6. The van der Waals surface area contributed by atoms with E-state index in [4.69, 9.17) is 12.2 Å². The highest BCUT2D eigenvalue weighted by Crippen LogP contribution is 2.35. The highest BCUT2D eigenvalue weighted by atomic mass is 32.1. The minimum atomic E-state index is -0.506. The van der Waals surface area contributed by atoms with Crippen molar-refractivity contribution in [1.29, 1.82) is 0 Å². The molecule has 1 aliphatic rings. The van der Waals surface area contributed by atoms with Gasteiger partial charge in [-0.1, -0.05) is 18.2 Å². The molecule has 0 atom stereocenters. The van der Waals surface area contributed by atoms with Crippen LogP contribution in [0.2, 0.25) is 0 Å². The summed E-state index contributed by atoms with van der Waals surface area (Å²) in [6.07, 6.45) is 3.46. The van der Waals surface area contributed by atoms with Gasteiger partial charge in [0.25, 0.3) is 5.91 Å². The zero-order valence-corrected chi connectivity index (χ0v) is 14.9. The Kier molecular flexibility index (Phi) is 4.10. The van der Waals surface area contributed by atoms with E-state index >= 15 is 0 Å². The number of aromatic nitrogens is 1. The van der Waals surface area contributed by atoms with Crippen molar-refractivity contribution in [3.8, 4) is 5.88 Å². The van der Waals surface area contributed by atoms with Gasteiger partial charge in [-0.3, -0.25) is 9.79 Å². The molecule has 3 aromatic rings. The van der Waals surface area contributed by atoms with Crippen LogP contribution in [0.4, 0.5) is 10.1 Å². The van der Waals surface area contributed by atoms with Crippen LogP contribution in [0.15, 0.2) is 53.5 Å². The van der Waals surface area contributed by atoms with E-state index in [0.29, 0.717) is 4.88 Å². The Morgan fingerprint density at radius 3 is 2.69 bits per heavy atom. The summed E-state index contributed by atoms with van der Waals surface area (Å²) >= 11 is 6.37. The molecule has 1 aromatic heterocycles. The van der Waals surface area contributed by atoms with Crippen LogP contribution < -0.4 is 0 Å². The Morgan fingerprint density at radius 2 is 1.92 bits per heavy atom. The number of allylic oxidation sites excluding steroid dienone is 1. The lowest BCUT2D eigenvalue weighted by Crippen LogP contribution is -2.11. The molecule has 26 heavy (non-hydrogen) atoms. The molecule has 0 bridgehead atoms. The van der Waals surface area contributed by atoms with E-state index in [1.165, 1.54) is 24.3 Å². The van der Waals surface area contributed by atoms with Crippen LogP contribution in [0.25, 0.3) is 11.6 Å². The lowest BCUT2D eigenvalue weighted by molar-refractivity contribution is 0.0950. The van der Waals surface area contributed by atoms with Gasteiger partial charge < -0.3 is 5.11 Å². The highest BCUT2D eigenvalue weighted by molar-refractivity contribution is 7.73. The van der Waals surface area contributed by atoms with Crippen LogP contribution in [0.3, 0.4) is 0 Å². The highest BCUT2D eigenvalue weighted by Gasteiger charge is 2.19. The molecule has 0 spiro atoms. The first-order chi connectivity index (χ1) is 12.5. The standard InChI is InChI=1S/C19H11FN2O2S2/c20-13-7-5-11(6-8-13)17(23)22-18(24)16(26-19(22)25)9-12-10-21-15-4-2-1-3-14(12)15/h1-10,24H/b12-9-. The number of carbonyl (C=O) groups excluding carboxylic acids is 1. The van der Waals surface area contributed by atoms with E-state index in [-0.39, 0.29) is 15.4 Å². The van der Waals surface area contributed by atoms with Gasteiger partial charge >= 0.3 is 0 Å². The second kappa shape index (κ2) is 6.44. The number of benzene rings is 2. The summed E-state index contributed by atoms with van der Waals surface area (Å²) in [6, 6.07) is 12.7. The smallest absolute Gasteiger partial charge is 0.266 e. The summed E-state index contributed by atoms with van der Waals surface area (Å²) in [4.78, 5) is 17.4. The van der Waals surface area contributed by atoms with Crippen LogP contribution in [0.5, 0.6) is 5.88 Å². The Hall–Kier alpha value is -2.90. The second-order valence-electron chi connectivity index (χ2n) is 5.58. The van der Waals surface area contributed by atoms with Gasteiger partial charge in [0.15, 0.2) is 3.95 Å². The third-order valence-corrected chi connectivity index (χ3v) is 5.26. The largest absolute Gasteiger partial charge is 0.493 e. The summed E-state index contributed by atoms with van der Waals surface area (Å²) in [7, 11) is 0. The number of halogens is 1. The monoisotopic (exact) mass is 382 g/mol. The Morgan fingerprint density at radius 1 is 1.19 bits per heavy atom. The van der Waals surface area contributed by atoms with Crippen LogP contribution in [0, 0.1) is 9.77 Å². The van der Waals surface area contributed by atoms with Crippen LogP contribution >= 0.6 is 23.6 Å². The third kappa shape index (κ3) is 2.81. The maximum atomic E-state index is 13.1. The topological polar surface area (TPSA) is 54.6 Å². The number of fused-ring (bicyclic) bond motifs is 1. The van der Waals surface area contributed by atoms with E-state index in [1.54, 1.807) is 12.3 Å². The lowest BCUT2D eigenvalue weighted by atomic mass is 10.1. The number of hydrogen-bond donors (Lipinski definition) is 1. The second-order valence-corrected chi connectivity index (χ2v) is 7.25. The number of para-hydroxylation sites is 1. The van der Waals surface area contributed by atoms with E-state index in [1.807, 2.05) is 24.3 Å². The van der Waals surface area contributed by atoms with E-state index in [0.717, 1.165) is 32.7 Å². The third-order valence-electron chi connectivity index (χ3n) is 3.95. The molecule has 1 aliphatic heterocycles. The molecule has 4 rings (SSSR count). The van der Waals surface area contributed by atoms with Gasteiger partial charge in [0.1, 0.15) is 5.82 Å². The number of aromatic hydroxyl groups is 1. The summed E-state index contributed by atoms with van der Waals surface area (Å²) < 4.78 is 14.3. The van der Waals surface area contributed by atoms with E-state index in [9.17, 15) is 14.3 Å². The van der Waals surface area contributed by atoms with E-state index < -0.39 is 11.7 Å². The maximum absolute atomic E-state index is 13.1. The molecule has 4 nitrogen and oxygen atoms in total. The average molecular weight is 382 g/mol. The van der Waals surface area contributed by atoms with Crippen molar-refractivity contribution in [2.75, 3.05) is 0 Å². The molecular formula is C19H11FN2O2S2. The molecule has 7 heteroatoms. The quantitative estimate of drug-likeness (QED) is 0.630. The summed E-state index contributed by atoms with van der Waals surface area (Å²) in [5.41, 5.74) is 2.86. The zero-order valence-electron chi connectivity index (χ0n) is 13.2. The van der Waals surface area contributed by atoms with Gasteiger partial charge in [-0.15, -0.1) is 11.3 Å². The number of nitrogens with zero attached hydrogens (tertiary/aromatic N) is 2. The molecule has 2 aromatic carbocycles. The number of aliphatic imine (C=N–C) groups is 1.